The molecule has 29 heavy (non-hydrogen) atoms. The van der Waals surface area contributed by atoms with Gasteiger partial charge in [0.2, 0.25) is 0 Å². The predicted octanol–water partition coefficient (Wildman–Crippen LogP) is 6.12. The monoisotopic (exact) mass is 390 g/mol. The van der Waals surface area contributed by atoms with Gasteiger partial charge in [-0.05, 0) is 79.1 Å². The highest BCUT2D eigenvalue weighted by molar-refractivity contribution is 5.98. The number of allylic oxidation sites excluding steroid dienone is 2. The average Bonchev–Trinajstić information content (AvgIpc) is 3.08. The molecule has 1 aromatic carbocycles. The van der Waals surface area contributed by atoms with Gasteiger partial charge in [-0.15, -0.1) is 0 Å². The van der Waals surface area contributed by atoms with Crippen LogP contribution in [0.25, 0.3) is 0 Å². The number of Topliss-reactive ketones (excluding diaryl/α,β-unsaturated/α-hetero) is 1. The first-order valence-corrected chi connectivity index (χ1v) is 11.7. The first-order valence-electron chi connectivity index (χ1n) is 11.7. The van der Waals surface area contributed by atoms with Crippen molar-refractivity contribution in [1.82, 2.24) is 0 Å². The predicted molar refractivity (Wildman–Crippen MR) is 115 cm³/mol. The molecule has 0 spiro atoms. The van der Waals surface area contributed by atoms with E-state index >= 15 is 0 Å². The smallest absolute Gasteiger partial charge is 0.166 e. The summed E-state index contributed by atoms with van der Waals surface area (Å²) < 4.78 is 0. The molecule has 2 nitrogen and oxygen atoms in total. The molecule has 0 saturated heterocycles. The van der Waals surface area contributed by atoms with Crippen molar-refractivity contribution in [1.29, 1.82) is 0 Å². The number of rotatable bonds is 2. The van der Waals surface area contributed by atoms with E-state index < -0.39 is 0 Å². The highest BCUT2D eigenvalue weighted by Gasteiger charge is 2.61. The maximum absolute atomic E-state index is 13.4. The van der Waals surface area contributed by atoms with E-state index in [1.54, 1.807) is 0 Å². The van der Waals surface area contributed by atoms with Crippen LogP contribution in [0.5, 0.6) is 0 Å². The molecule has 7 unspecified atom stereocenters. The molecule has 3 fully saturated rings. The van der Waals surface area contributed by atoms with E-state index in [2.05, 4.69) is 26.8 Å². The molecule has 0 N–H and O–H groups in total. The van der Waals surface area contributed by atoms with Crippen LogP contribution < -0.4 is 0 Å². The minimum Gasteiger partial charge on any atom is -0.295 e. The molecule has 0 radical (unpaired) electrons. The van der Waals surface area contributed by atoms with Crippen molar-refractivity contribution >= 4 is 11.6 Å². The summed E-state index contributed by atoms with van der Waals surface area (Å²) in [4.78, 5) is 25.7. The fraction of sp³-hybridized carbons (Fsp3) is 0.630. The Balaban J connectivity index is 1.44. The Labute approximate surface area is 175 Å². The van der Waals surface area contributed by atoms with Crippen molar-refractivity contribution in [3.05, 3.63) is 48.0 Å². The van der Waals surface area contributed by atoms with E-state index in [-0.39, 0.29) is 22.7 Å². The summed E-state index contributed by atoms with van der Waals surface area (Å²) in [6, 6.07) is 9.94. The van der Waals surface area contributed by atoms with Crippen LogP contribution in [0.4, 0.5) is 0 Å². The second kappa shape index (κ2) is 6.65. The standard InChI is InChI=1S/C27H34O2/c1-17-20-10-9-19-21-11-12-23(25(29)18-7-5-4-6-8-18)27(21,3)15-13-22(19)26(20,2)16-14-24(17)28/h4-8,14,16-17,19-23H,9-13,15H2,1-3H3/t17?,19?,20-,21?,22?,23?,26?,27?/m0/s1. The highest BCUT2D eigenvalue weighted by Crippen LogP contribution is 2.67. The number of ketones is 2. The van der Waals surface area contributed by atoms with Gasteiger partial charge in [0, 0.05) is 17.4 Å². The third-order valence-electron chi connectivity index (χ3n) is 9.88. The molecule has 3 saturated carbocycles. The van der Waals surface area contributed by atoms with E-state index in [0.29, 0.717) is 35.2 Å². The maximum atomic E-state index is 13.4. The highest BCUT2D eigenvalue weighted by atomic mass is 16.1. The molecule has 0 aromatic heterocycles. The van der Waals surface area contributed by atoms with Crippen LogP contribution in [0, 0.1) is 46.3 Å². The fourth-order valence-electron chi connectivity index (χ4n) is 8.30. The molecule has 0 aliphatic heterocycles. The minimum absolute atomic E-state index is 0.136. The molecule has 154 valence electrons. The molecule has 4 aliphatic rings. The van der Waals surface area contributed by atoms with Gasteiger partial charge in [0.15, 0.2) is 11.6 Å². The third-order valence-corrected chi connectivity index (χ3v) is 9.88. The number of hydrogen-bond acceptors (Lipinski definition) is 2. The van der Waals surface area contributed by atoms with Crippen molar-refractivity contribution in [2.75, 3.05) is 0 Å². The first-order chi connectivity index (χ1) is 13.9. The molecule has 1 aromatic rings. The zero-order valence-corrected chi connectivity index (χ0v) is 18.1. The van der Waals surface area contributed by atoms with Crippen LogP contribution in [0.1, 0.15) is 69.7 Å². The van der Waals surface area contributed by atoms with Gasteiger partial charge in [-0.1, -0.05) is 57.2 Å². The lowest BCUT2D eigenvalue weighted by Crippen LogP contribution is -2.54. The van der Waals surface area contributed by atoms with Gasteiger partial charge >= 0.3 is 0 Å². The molecule has 0 bridgehead atoms. The summed E-state index contributed by atoms with van der Waals surface area (Å²) in [6.45, 7) is 6.99. The third kappa shape index (κ3) is 2.67. The topological polar surface area (TPSA) is 34.1 Å². The number of hydrogen-bond donors (Lipinski definition) is 0. The Bertz CT molecular complexity index is 855. The van der Waals surface area contributed by atoms with Gasteiger partial charge < -0.3 is 0 Å². The Hall–Kier alpha value is -1.70. The van der Waals surface area contributed by atoms with Crippen LogP contribution in [0.2, 0.25) is 0 Å². The molecule has 4 aliphatic carbocycles. The van der Waals surface area contributed by atoms with Crippen molar-refractivity contribution in [2.45, 2.75) is 59.3 Å². The Morgan fingerprint density at radius 1 is 0.931 bits per heavy atom. The fourth-order valence-corrected chi connectivity index (χ4v) is 8.30. The lowest BCUT2D eigenvalue weighted by molar-refractivity contribution is -0.129. The lowest BCUT2D eigenvalue weighted by atomic mass is 9.44. The Morgan fingerprint density at radius 2 is 1.66 bits per heavy atom. The number of carbonyl (C=O) groups excluding carboxylic acids is 2. The van der Waals surface area contributed by atoms with E-state index in [1.807, 2.05) is 36.4 Å². The maximum Gasteiger partial charge on any atom is 0.166 e. The second-order valence-corrected chi connectivity index (χ2v) is 10.9. The lowest BCUT2D eigenvalue weighted by Gasteiger charge is -2.59. The second-order valence-electron chi connectivity index (χ2n) is 10.9. The molecule has 0 heterocycles. The van der Waals surface area contributed by atoms with Crippen molar-refractivity contribution < 1.29 is 9.59 Å². The van der Waals surface area contributed by atoms with E-state index in [9.17, 15) is 9.59 Å². The molecule has 8 atom stereocenters. The number of carbonyl (C=O) groups is 2. The summed E-state index contributed by atoms with van der Waals surface area (Å²) >= 11 is 0. The van der Waals surface area contributed by atoms with Crippen LogP contribution in [0.15, 0.2) is 42.5 Å². The average molecular weight is 391 g/mol. The summed E-state index contributed by atoms with van der Waals surface area (Å²) in [5.74, 6) is 3.53. The van der Waals surface area contributed by atoms with Gasteiger partial charge in [0.25, 0.3) is 0 Å². The minimum atomic E-state index is 0.136. The van der Waals surface area contributed by atoms with E-state index in [1.165, 1.54) is 25.7 Å². The SMILES string of the molecule is CC1C(=O)C=CC2(C)C3CCC4(C)C(C(=O)c5ccccc5)CCC4C3CC[C@@H]12. The van der Waals surface area contributed by atoms with E-state index in [4.69, 9.17) is 0 Å². The molecule has 2 heteroatoms. The summed E-state index contributed by atoms with van der Waals surface area (Å²) in [6.07, 6.45) is 11.2. The number of benzene rings is 1. The Morgan fingerprint density at radius 3 is 2.41 bits per heavy atom. The van der Waals surface area contributed by atoms with Crippen molar-refractivity contribution in [2.24, 2.45) is 46.3 Å². The molecule has 5 rings (SSSR count). The molecule has 0 amide bonds. The van der Waals surface area contributed by atoms with Crippen LogP contribution in [-0.4, -0.2) is 11.6 Å². The van der Waals surface area contributed by atoms with Crippen LogP contribution in [-0.2, 0) is 4.79 Å². The van der Waals surface area contributed by atoms with Crippen LogP contribution >= 0.6 is 0 Å². The number of fused-ring (bicyclic) bond motifs is 5. The summed E-state index contributed by atoms with van der Waals surface area (Å²) in [7, 11) is 0. The van der Waals surface area contributed by atoms with Crippen LogP contribution in [0.3, 0.4) is 0 Å². The quantitative estimate of drug-likeness (QED) is 0.570. The van der Waals surface area contributed by atoms with Gasteiger partial charge in [0.1, 0.15) is 0 Å². The molecular weight excluding hydrogens is 356 g/mol. The van der Waals surface area contributed by atoms with Crippen molar-refractivity contribution in [3.63, 3.8) is 0 Å². The van der Waals surface area contributed by atoms with Crippen molar-refractivity contribution in [3.8, 4) is 0 Å². The van der Waals surface area contributed by atoms with Gasteiger partial charge in [-0.3, -0.25) is 9.59 Å². The normalized spacial score (nSPS) is 46.0. The zero-order valence-electron chi connectivity index (χ0n) is 18.1. The Kier molecular flexibility index (Phi) is 4.42. The zero-order chi connectivity index (χ0) is 20.4. The van der Waals surface area contributed by atoms with Gasteiger partial charge in [0.05, 0.1) is 0 Å². The first kappa shape index (κ1) is 19.3. The van der Waals surface area contributed by atoms with E-state index in [0.717, 1.165) is 18.4 Å². The molecular formula is C27H34O2. The largest absolute Gasteiger partial charge is 0.295 e. The summed E-state index contributed by atoms with van der Waals surface area (Å²) in [5, 5.41) is 0. The summed E-state index contributed by atoms with van der Waals surface area (Å²) in [5.41, 5.74) is 1.18. The van der Waals surface area contributed by atoms with Gasteiger partial charge in [-0.25, -0.2) is 0 Å². The van der Waals surface area contributed by atoms with Gasteiger partial charge in [-0.2, -0.15) is 0 Å².